The largest absolute Gasteiger partial charge is 0.466 e. The number of para-hydroxylation sites is 2. The third-order valence-electron chi connectivity index (χ3n) is 5.30. The minimum absolute atomic E-state index is 0.298. The summed E-state index contributed by atoms with van der Waals surface area (Å²) in [6.45, 7) is 6.06. The Morgan fingerprint density at radius 1 is 1.26 bits per heavy atom. The van der Waals surface area contributed by atoms with Crippen molar-refractivity contribution in [3.63, 3.8) is 0 Å². The Hall–Kier alpha value is -2.60. The molecule has 3 atom stereocenters. The van der Waals surface area contributed by atoms with E-state index < -0.39 is 11.6 Å². The first-order valence-electron chi connectivity index (χ1n) is 9.08. The summed E-state index contributed by atoms with van der Waals surface area (Å²) in [5.74, 6) is -0.120. The van der Waals surface area contributed by atoms with Crippen LogP contribution in [0.4, 0.5) is 5.69 Å². The van der Waals surface area contributed by atoms with E-state index in [4.69, 9.17) is 21.7 Å². The molecule has 0 radical (unpaired) electrons. The van der Waals surface area contributed by atoms with Gasteiger partial charge in [-0.2, -0.15) is 0 Å². The number of esters is 1. The van der Waals surface area contributed by atoms with Crippen LogP contribution in [0.1, 0.15) is 31.0 Å². The summed E-state index contributed by atoms with van der Waals surface area (Å²) in [6, 6.07) is 15.4. The zero-order valence-electron chi connectivity index (χ0n) is 15.6. The minimum atomic E-state index is -1.00. The molecular formula is C21H22N2O3S. The number of benzene rings is 2. The number of fused-ring (bicyclic) bond motifs is 4. The van der Waals surface area contributed by atoms with E-state index in [9.17, 15) is 4.79 Å². The van der Waals surface area contributed by atoms with E-state index in [1.54, 1.807) is 0 Å². The van der Waals surface area contributed by atoms with E-state index in [1.165, 1.54) is 0 Å². The summed E-state index contributed by atoms with van der Waals surface area (Å²) in [5.41, 5.74) is 1.87. The van der Waals surface area contributed by atoms with Gasteiger partial charge in [0, 0.05) is 11.3 Å². The zero-order valence-corrected chi connectivity index (χ0v) is 16.4. The van der Waals surface area contributed by atoms with Crippen LogP contribution in [0.25, 0.3) is 0 Å². The Morgan fingerprint density at radius 3 is 2.70 bits per heavy atom. The van der Waals surface area contributed by atoms with Gasteiger partial charge in [0.1, 0.15) is 11.7 Å². The Bertz CT molecular complexity index is 916. The van der Waals surface area contributed by atoms with Gasteiger partial charge in [0.2, 0.25) is 5.72 Å². The first-order chi connectivity index (χ1) is 13.0. The van der Waals surface area contributed by atoms with Crippen LogP contribution in [0.3, 0.4) is 0 Å². The van der Waals surface area contributed by atoms with Gasteiger partial charge in [-0.05, 0) is 50.7 Å². The molecule has 1 N–H and O–H groups in total. The Balaban J connectivity index is 1.91. The molecule has 0 unspecified atom stereocenters. The Morgan fingerprint density at radius 2 is 1.96 bits per heavy atom. The topological polar surface area (TPSA) is 50.8 Å². The quantitative estimate of drug-likeness (QED) is 0.645. The maximum Gasteiger partial charge on any atom is 0.317 e. The van der Waals surface area contributed by atoms with Gasteiger partial charge in [-0.25, -0.2) is 0 Å². The number of aryl methyl sites for hydroxylation is 1. The second-order valence-electron chi connectivity index (χ2n) is 6.97. The highest BCUT2D eigenvalue weighted by molar-refractivity contribution is 7.80. The summed E-state index contributed by atoms with van der Waals surface area (Å²) in [5, 5.41) is 3.90. The van der Waals surface area contributed by atoms with Crippen molar-refractivity contribution in [2.24, 2.45) is 5.92 Å². The number of ether oxygens (including phenoxy) is 2. The van der Waals surface area contributed by atoms with E-state index in [1.807, 2.05) is 74.2 Å². The molecule has 2 aromatic rings. The molecule has 6 heteroatoms. The second-order valence-corrected chi connectivity index (χ2v) is 7.36. The number of thiocarbonyl (C=S) groups is 1. The molecule has 1 saturated heterocycles. The van der Waals surface area contributed by atoms with Gasteiger partial charge in [-0.1, -0.05) is 36.4 Å². The normalized spacial score (nSPS) is 25.9. The molecule has 0 spiro atoms. The summed E-state index contributed by atoms with van der Waals surface area (Å²) in [4.78, 5) is 14.9. The highest BCUT2D eigenvalue weighted by Crippen LogP contribution is 2.50. The van der Waals surface area contributed by atoms with Crippen molar-refractivity contribution in [2.75, 3.05) is 11.5 Å². The molecule has 2 aromatic carbocycles. The molecule has 2 aliphatic heterocycles. The van der Waals surface area contributed by atoms with Gasteiger partial charge >= 0.3 is 5.97 Å². The van der Waals surface area contributed by atoms with Gasteiger partial charge in [0.05, 0.1) is 12.6 Å². The predicted octanol–water partition coefficient (Wildman–Crippen LogP) is 3.72. The lowest BCUT2D eigenvalue weighted by molar-refractivity contribution is -0.159. The van der Waals surface area contributed by atoms with Crippen LogP contribution in [0, 0.1) is 12.8 Å². The third kappa shape index (κ3) is 2.67. The van der Waals surface area contributed by atoms with Gasteiger partial charge in [-0.3, -0.25) is 9.69 Å². The SMILES string of the molecule is CCOC(=O)[C@H]1[C@@H]2NC(=S)N(c3ccccc3C)[C@@]1(C)Oc1ccccc12. The molecular weight excluding hydrogens is 360 g/mol. The van der Waals surface area contributed by atoms with Crippen molar-refractivity contribution in [3.8, 4) is 5.75 Å². The molecule has 0 amide bonds. The van der Waals surface area contributed by atoms with Crippen LogP contribution in [0.15, 0.2) is 48.5 Å². The third-order valence-corrected chi connectivity index (χ3v) is 5.60. The first-order valence-corrected chi connectivity index (χ1v) is 9.49. The van der Waals surface area contributed by atoms with Crippen molar-refractivity contribution in [3.05, 3.63) is 59.7 Å². The monoisotopic (exact) mass is 382 g/mol. The molecule has 0 aromatic heterocycles. The number of nitrogens with one attached hydrogen (secondary N) is 1. The molecule has 2 heterocycles. The summed E-state index contributed by atoms with van der Waals surface area (Å²) in [7, 11) is 0. The van der Waals surface area contributed by atoms with Crippen LogP contribution in [0.5, 0.6) is 5.75 Å². The van der Waals surface area contributed by atoms with Crippen LogP contribution >= 0.6 is 12.2 Å². The summed E-state index contributed by atoms with van der Waals surface area (Å²) >= 11 is 5.71. The van der Waals surface area contributed by atoms with Crippen LogP contribution in [0.2, 0.25) is 0 Å². The first kappa shape index (κ1) is 17.8. The molecule has 27 heavy (non-hydrogen) atoms. The standard InChI is InChI=1S/C21H22N2O3S/c1-4-25-19(24)17-18-14-10-6-8-12-16(14)26-21(17,3)23(20(27)22-18)15-11-7-5-9-13(15)2/h5-12,17-18H,4H2,1-3H3,(H,22,27)/t17-,18-,21+/m1/s1. The molecule has 5 nitrogen and oxygen atoms in total. The molecule has 0 saturated carbocycles. The smallest absolute Gasteiger partial charge is 0.317 e. The molecule has 1 fully saturated rings. The summed E-state index contributed by atoms with van der Waals surface area (Å²) < 4.78 is 11.9. The highest BCUT2D eigenvalue weighted by Gasteiger charge is 2.59. The number of anilines is 1. The predicted molar refractivity (Wildman–Crippen MR) is 108 cm³/mol. The van der Waals surface area contributed by atoms with E-state index in [0.29, 0.717) is 11.7 Å². The Labute approximate surface area is 164 Å². The van der Waals surface area contributed by atoms with E-state index in [-0.39, 0.29) is 12.0 Å². The minimum Gasteiger partial charge on any atom is -0.466 e. The summed E-state index contributed by atoms with van der Waals surface area (Å²) in [6.07, 6.45) is 0. The van der Waals surface area contributed by atoms with Gasteiger partial charge in [0.25, 0.3) is 0 Å². The van der Waals surface area contributed by atoms with Crippen LogP contribution in [-0.2, 0) is 9.53 Å². The number of carbonyl (C=O) groups excluding carboxylic acids is 1. The number of hydrogen-bond donors (Lipinski definition) is 1. The lowest BCUT2D eigenvalue weighted by Crippen LogP contribution is -2.71. The average molecular weight is 382 g/mol. The molecule has 2 bridgehead atoms. The van der Waals surface area contributed by atoms with E-state index in [2.05, 4.69) is 5.32 Å². The fourth-order valence-electron chi connectivity index (χ4n) is 4.10. The Kier molecular flexibility index (Phi) is 4.30. The lowest BCUT2D eigenvalue weighted by atomic mass is 9.79. The number of carbonyl (C=O) groups is 1. The van der Waals surface area contributed by atoms with Crippen molar-refractivity contribution >= 4 is 29.0 Å². The van der Waals surface area contributed by atoms with Gasteiger partial charge in [-0.15, -0.1) is 0 Å². The van der Waals surface area contributed by atoms with Gasteiger partial charge < -0.3 is 14.8 Å². The second kappa shape index (κ2) is 6.53. The zero-order chi connectivity index (χ0) is 19.2. The average Bonchev–Trinajstić information content (AvgIpc) is 2.62. The fourth-order valence-corrected chi connectivity index (χ4v) is 4.51. The lowest BCUT2D eigenvalue weighted by Gasteiger charge is -2.55. The van der Waals surface area contributed by atoms with Crippen molar-refractivity contribution in [2.45, 2.75) is 32.5 Å². The van der Waals surface area contributed by atoms with Crippen molar-refractivity contribution < 1.29 is 14.3 Å². The van der Waals surface area contributed by atoms with Crippen molar-refractivity contribution in [1.29, 1.82) is 0 Å². The van der Waals surface area contributed by atoms with E-state index in [0.717, 1.165) is 22.6 Å². The highest BCUT2D eigenvalue weighted by atomic mass is 32.1. The molecule has 4 rings (SSSR count). The fraction of sp³-hybridized carbons (Fsp3) is 0.333. The van der Waals surface area contributed by atoms with Gasteiger partial charge in [0.15, 0.2) is 5.11 Å². The van der Waals surface area contributed by atoms with Crippen molar-refractivity contribution in [1.82, 2.24) is 5.32 Å². The maximum absolute atomic E-state index is 13.0. The molecule has 2 aliphatic rings. The maximum atomic E-state index is 13.0. The molecule has 0 aliphatic carbocycles. The number of hydrogen-bond acceptors (Lipinski definition) is 4. The number of rotatable bonds is 3. The number of nitrogens with zero attached hydrogens (tertiary/aromatic N) is 1. The van der Waals surface area contributed by atoms with Crippen LogP contribution < -0.4 is 15.0 Å². The molecule has 140 valence electrons. The van der Waals surface area contributed by atoms with Crippen LogP contribution in [-0.4, -0.2) is 23.4 Å². The van der Waals surface area contributed by atoms with E-state index >= 15 is 0 Å².